The Morgan fingerprint density at radius 3 is 2.48 bits per heavy atom. The second-order valence-corrected chi connectivity index (χ2v) is 7.76. The highest BCUT2D eigenvalue weighted by atomic mass is 19.1. The van der Waals surface area contributed by atoms with E-state index >= 15 is 4.39 Å². The highest BCUT2D eigenvalue weighted by Gasteiger charge is 2.46. The molecule has 2 aliphatic rings. The van der Waals surface area contributed by atoms with Crippen molar-refractivity contribution in [2.75, 3.05) is 6.61 Å². The van der Waals surface area contributed by atoms with Crippen LogP contribution in [0.2, 0.25) is 0 Å². The minimum atomic E-state index is -1.11. The second-order valence-electron chi connectivity index (χ2n) is 7.76. The molecule has 2 aromatic carbocycles. The molecule has 1 spiro atoms. The van der Waals surface area contributed by atoms with Crippen molar-refractivity contribution in [3.63, 3.8) is 0 Å². The molecule has 6 rings (SSSR count). The van der Waals surface area contributed by atoms with Crippen LogP contribution in [0.1, 0.15) is 11.1 Å². The van der Waals surface area contributed by atoms with Crippen molar-refractivity contribution in [2.45, 2.75) is 5.54 Å². The summed E-state index contributed by atoms with van der Waals surface area (Å²) in [5.74, 6) is -1.49. The topological polar surface area (TPSA) is 56.6 Å². The predicted octanol–water partition coefficient (Wildman–Crippen LogP) is 5.64. The van der Waals surface area contributed by atoms with Crippen LogP contribution in [0.4, 0.5) is 13.2 Å². The standard InChI is InChI=1S/C25H14F3N3O2/c26-20-10-16(14-5-7-29-22(27)11-14)9-19-23(20)33-21-4-3-15(17-2-1-6-30-24(17)28)8-18(21)25(19)12-32-13-31-25/h1-11,13H,12H2/t25-/m0/s1. The normalized spacial score (nSPS) is 17.9. The number of nitrogens with zero attached hydrogens (tertiary/aromatic N) is 3. The van der Waals surface area contributed by atoms with Gasteiger partial charge in [0.05, 0.1) is 0 Å². The zero-order chi connectivity index (χ0) is 22.6. The number of rotatable bonds is 2. The summed E-state index contributed by atoms with van der Waals surface area (Å²) in [6.45, 7) is 0.100. The third-order valence-corrected chi connectivity index (χ3v) is 5.90. The molecule has 1 atom stereocenters. The van der Waals surface area contributed by atoms with Gasteiger partial charge in [0.1, 0.15) is 12.4 Å². The predicted molar refractivity (Wildman–Crippen MR) is 115 cm³/mol. The molecule has 0 saturated heterocycles. The number of hydrogen-bond donors (Lipinski definition) is 0. The lowest BCUT2D eigenvalue weighted by Gasteiger charge is -2.34. The summed E-state index contributed by atoms with van der Waals surface area (Å²) in [5.41, 5.74) is 1.70. The maximum Gasteiger partial charge on any atom is 0.220 e. The lowest BCUT2D eigenvalue weighted by molar-refractivity contribution is 0.270. The third kappa shape index (κ3) is 2.98. The first-order valence-electron chi connectivity index (χ1n) is 10.1. The van der Waals surface area contributed by atoms with Gasteiger partial charge in [0.15, 0.2) is 23.5 Å². The Bertz CT molecular complexity index is 1460. The second kappa shape index (κ2) is 7.16. The number of hydrogen-bond acceptors (Lipinski definition) is 5. The fourth-order valence-electron chi connectivity index (χ4n) is 4.34. The molecule has 4 aromatic rings. The highest BCUT2D eigenvalue weighted by molar-refractivity contribution is 5.74. The molecule has 4 heterocycles. The van der Waals surface area contributed by atoms with Gasteiger partial charge in [0.2, 0.25) is 11.9 Å². The van der Waals surface area contributed by atoms with Crippen molar-refractivity contribution >= 4 is 6.40 Å². The van der Waals surface area contributed by atoms with Crippen LogP contribution < -0.4 is 4.74 Å². The van der Waals surface area contributed by atoms with E-state index in [2.05, 4.69) is 15.0 Å². The largest absolute Gasteiger partial charge is 0.480 e. The first-order valence-corrected chi connectivity index (χ1v) is 10.1. The molecular weight excluding hydrogens is 431 g/mol. The van der Waals surface area contributed by atoms with Gasteiger partial charge in [-0.3, -0.25) is 0 Å². The van der Waals surface area contributed by atoms with Gasteiger partial charge in [-0.1, -0.05) is 6.07 Å². The van der Waals surface area contributed by atoms with E-state index in [9.17, 15) is 8.78 Å². The first-order chi connectivity index (χ1) is 16.0. The lowest BCUT2D eigenvalue weighted by atomic mass is 9.79. The van der Waals surface area contributed by atoms with Crippen molar-refractivity contribution in [3.8, 4) is 33.8 Å². The SMILES string of the molecule is Fc1cc(-c2cc(F)c3c(c2)[C@]2(COC=N2)c2cc(-c4cccnc4F)ccc2O3)ccn1. The maximum atomic E-state index is 15.3. The van der Waals surface area contributed by atoms with Crippen molar-refractivity contribution < 1.29 is 22.6 Å². The molecule has 0 saturated carbocycles. The molecule has 2 aromatic heterocycles. The monoisotopic (exact) mass is 445 g/mol. The third-order valence-electron chi connectivity index (χ3n) is 5.90. The van der Waals surface area contributed by atoms with Crippen LogP contribution in [-0.4, -0.2) is 23.0 Å². The average molecular weight is 445 g/mol. The summed E-state index contributed by atoms with van der Waals surface area (Å²) in [4.78, 5) is 11.8. The molecule has 5 nitrogen and oxygen atoms in total. The molecule has 0 unspecified atom stereocenters. The number of aliphatic imine (C=N–C) groups is 1. The summed E-state index contributed by atoms with van der Waals surface area (Å²) in [7, 11) is 0. The molecule has 0 aliphatic carbocycles. The fourth-order valence-corrected chi connectivity index (χ4v) is 4.34. The molecular formula is C25H14F3N3O2. The van der Waals surface area contributed by atoms with Gasteiger partial charge in [0, 0.05) is 35.2 Å². The fraction of sp³-hybridized carbons (Fsp3) is 0.0800. The van der Waals surface area contributed by atoms with Gasteiger partial charge in [-0.2, -0.15) is 8.78 Å². The molecule has 0 N–H and O–H groups in total. The summed E-state index contributed by atoms with van der Waals surface area (Å²) < 4.78 is 54.8. The van der Waals surface area contributed by atoms with E-state index in [0.717, 1.165) is 0 Å². The number of ether oxygens (including phenoxy) is 2. The quantitative estimate of drug-likeness (QED) is 0.375. The summed E-state index contributed by atoms with van der Waals surface area (Å²) in [5, 5.41) is 0. The maximum absolute atomic E-state index is 15.3. The molecule has 0 radical (unpaired) electrons. The first kappa shape index (κ1) is 19.5. The Balaban J connectivity index is 1.57. The molecule has 0 fully saturated rings. The van der Waals surface area contributed by atoms with Gasteiger partial charge in [-0.15, -0.1) is 0 Å². The van der Waals surface area contributed by atoms with Crippen LogP contribution in [0.3, 0.4) is 0 Å². The number of pyridine rings is 2. The Morgan fingerprint density at radius 2 is 1.70 bits per heavy atom. The summed E-state index contributed by atoms with van der Waals surface area (Å²) in [6, 6.07) is 14.2. The van der Waals surface area contributed by atoms with Crippen molar-refractivity contribution in [1.29, 1.82) is 0 Å². The molecule has 162 valence electrons. The van der Waals surface area contributed by atoms with Crippen LogP contribution in [0.25, 0.3) is 22.3 Å². The minimum Gasteiger partial charge on any atom is -0.480 e. The van der Waals surface area contributed by atoms with Gasteiger partial charge in [0.25, 0.3) is 0 Å². The Morgan fingerprint density at radius 1 is 0.818 bits per heavy atom. The number of benzene rings is 2. The lowest BCUT2D eigenvalue weighted by Crippen LogP contribution is -2.31. The molecule has 0 amide bonds. The van der Waals surface area contributed by atoms with Gasteiger partial charge in [-0.25, -0.2) is 19.4 Å². The van der Waals surface area contributed by atoms with Crippen molar-refractivity contribution in [1.82, 2.24) is 9.97 Å². The zero-order valence-corrected chi connectivity index (χ0v) is 16.9. The zero-order valence-electron chi connectivity index (χ0n) is 16.9. The van der Waals surface area contributed by atoms with E-state index < -0.39 is 23.3 Å². The van der Waals surface area contributed by atoms with Crippen LogP contribution in [0.15, 0.2) is 72.0 Å². The van der Waals surface area contributed by atoms with Crippen LogP contribution in [0, 0.1) is 17.7 Å². The van der Waals surface area contributed by atoms with Crippen molar-refractivity contribution in [3.05, 3.63) is 95.8 Å². The number of fused-ring (bicyclic) bond motifs is 4. The van der Waals surface area contributed by atoms with Crippen LogP contribution >= 0.6 is 0 Å². The van der Waals surface area contributed by atoms with Gasteiger partial charge >= 0.3 is 0 Å². The minimum absolute atomic E-state index is 0.0173. The molecule has 0 bridgehead atoms. The van der Waals surface area contributed by atoms with E-state index in [1.54, 1.807) is 42.5 Å². The summed E-state index contributed by atoms with van der Waals surface area (Å²) in [6.07, 6.45) is 4.00. The highest BCUT2D eigenvalue weighted by Crippen LogP contribution is 2.53. The van der Waals surface area contributed by atoms with E-state index in [-0.39, 0.29) is 12.4 Å². The van der Waals surface area contributed by atoms with Crippen molar-refractivity contribution in [2.24, 2.45) is 4.99 Å². The van der Waals surface area contributed by atoms with Crippen LogP contribution in [-0.2, 0) is 10.3 Å². The van der Waals surface area contributed by atoms with E-state index in [4.69, 9.17) is 9.47 Å². The van der Waals surface area contributed by atoms with Crippen LogP contribution in [0.5, 0.6) is 11.5 Å². The van der Waals surface area contributed by atoms with Gasteiger partial charge in [-0.05, 0) is 59.2 Å². The van der Waals surface area contributed by atoms with E-state index in [0.29, 0.717) is 39.1 Å². The number of halogens is 3. The smallest absolute Gasteiger partial charge is 0.220 e. The Kier molecular flexibility index (Phi) is 4.23. The average Bonchev–Trinajstić information content (AvgIpc) is 3.31. The summed E-state index contributed by atoms with van der Waals surface area (Å²) >= 11 is 0. The Labute approximate surface area is 186 Å². The van der Waals surface area contributed by atoms with E-state index in [1.807, 2.05) is 0 Å². The molecule has 2 aliphatic heterocycles. The van der Waals surface area contributed by atoms with E-state index in [1.165, 1.54) is 30.9 Å². The Hall–Kier alpha value is -4.20. The molecule has 8 heteroatoms. The molecule has 33 heavy (non-hydrogen) atoms. The number of aromatic nitrogens is 2. The van der Waals surface area contributed by atoms with Gasteiger partial charge < -0.3 is 9.47 Å².